The second kappa shape index (κ2) is 5.47. The standard InChI is InChI=1S/C18H20N4O2/c1-10-8-14-16(15(23)9-10)17(12-4-6-13(24-3)7-5-12)22-18(20-14)19-11(2)21-22/h4-7,10,17H,8-9H2,1-3H3,(H,19,20,21)/t10-,17-/m1/s1. The van der Waals surface area contributed by atoms with E-state index in [1.807, 2.05) is 35.9 Å². The molecule has 0 spiro atoms. The Hall–Kier alpha value is -2.63. The van der Waals surface area contributed by atoms with Crippen molar-refractivity contribution in [1.29, 1.82) is 0 Å². The molecular weight excluding hydrogens is 304 g/mol. The molecule has 6 heteroatoms. The molecule has 2 heterocycles. The van der Waals surface area contributed by atoms with Crippen LogP contribution in [0.5, 0.6) is 5.75 Å². The number of allylic oxidation sites excluding steroid dienone is 2. The second-order valence-electron chi connectivity index (χ2n) is 6.56. The molecule has 0 unspecified atom stereocenters. The highest BCUT2D eigenvalue weighted by Crippen LogP contribution is 2.41. The number of anilines is 1. The first-order valence-electron chi connectivity index (χ1n) is 8.17. The van der Waals surface area contributed by atoms with Crippen molar-refractivity contribution in [3.8, 4) is 5.75 Å². The number of aryl methyl sites for hydroxylation is 1. The van der Waals surface area contributed by atoms with E-state index in [1.54, 1.807) is 7.11 Å². The highest BCUT2D eigenvalue weighted by molar-refractivity contribution is 5.99. The summed E-state index contributed by atoms with van der Waals surface area (Å²) < 4.78 is 7.07. The summed E-state index contributed by atoms with van der Waals surface area (Å²) in [6.45, 7) is 3.97. The summed E-state index contributed by atoms with van der Waals surface area (Å²) in [6.07, 6.45) is 1.44. The van der Waals surface area contributed by atoms with Gasteiger partial charge in [0.2, 0.25) is 5.95 Å². The number of hydrogen-bond acceptors (Lipinski definition) is 5. The third-order valence-electron chi connectivity index (χ3n) is 4.66. The first-order valence-corrected chi connectivity index (χ1v) is 8.17. The SMILES string of the molecule is COc1ccc([C@@H]2C3=C(C[C@@H](C)CC3=O)Nc3nc(C)nn32)cc1. The van der Waals surface area contributed by atoms with Gasteiger partial charge < -0.3 is 10.1 Å². The van der Waals surface area contributed by atoms with Crippen molar-refractivity contribution in [2.75, 3.05) is 12.4 Å². The van der Waals surface area contributed by atoms with Gasteiger partial charge >= 0.3 is 0 Å². The molecule has 4 rings (SSSR count). The van der Waals surface area contributed by atoms with Crippen LogP contribution in [0.2, 0.25) is 0 Å². The van der Waals surface area contributed by atoms with Gasteiger partial charge in [-0.15, -0.1) is 0 Å². The predicted molar refractivity (Wildman–Crippen MR) is 89.9 cm³/mol. The fourth-order valence-electron chi connectivity index (χ4n) is 3.61. The lowest BCUT2D eigenvalue weighted by molar-refractivity contribution is -0.117. The number of ether oxygens (including phenoxy) is 1. The Labute approximate surface area is 140 Å². The first-order chi connectivity index (χ1) is 11.6. The summed E-state index contributed by atoms with van der Waals surface area (Å²) in [5, 5.41) is 7.85. The van der Waals surface area contributed by atoms with E-state index in [0.717, 1.165) is 29.0 Å². The largest absolute Gasteiger partial charge is 0.497 e. The molecule has 0 saturated heterocycles. The lowest BCUT2D eigenvalue weighted by Gasteiger charge is -2.34. The summed E-state index contributed by atoms with van der Waals surface area (Å²) in [7, 11) is 1.64. The van der Waals surface area contributed by atoms with E-state index in [4.69, 9.17) is 4.74 Å². The zero-order valence-corrected chi connectivity index (χ0v) is 14.0. The smallest absolute Gasteiger partial charge is 0.226 e. The van der Waals surface area contributed by atoms with E-state index < -0.39 is 0 Å². The average Bonchev–Trinajstić information content (AvgIpc) is 2.92. The molecule has 124 valence electrons. The molecule has 0 amide bonds. The van der Waals surface area contributed by atoms with Gasteiger partial charge in [0.15, 0.2) is 5.78 Å². The third-order valence-corrected chi connectivity index (χ3v) is 4.66. The molecule has 1 aromatic heterocycles. The van der Waals surface area contributed by atoms with Crippen molar-refractivity contribution in [2.45, 2.75) is 32.7 Å². The fourth-order valence-corrected chi connectivity index (χ4v) is 3.61. The highest BCUT2D eigenvalue weighted by atomic mass is 16.5. The van der Waals surface area contributed by atoms with Gasteiger partial charge in [0.1, 0.15) is 17.6 Å². The molecule has 0 bridgehead atoms. The number of hydrogen-bond donors (Lipinski definition) is 1. The second-order valence-corrected chi connectivity index (χ2v) is 6.56. The van der Waals surface area contributed by atoms with E-state index in [1.165, 1.54) is 0 Å². The van der Waals surface area contributed by atoms with Crippen LogP contribution in [0.25, 0.3) is 0 Å². The van der Waals surface area contributed by atoms with Crippen LogP contribution in [0.1, 0.15) is 37.2 Å². The predicted octanol–water partition coefficient (Wildman–Crippen LogP) is 2.86. The van der Waals surface area contributed by atoms with Gasteiger partial charge in [-0.05, 0) is 37.0 Å². The summed E-state index contributed by atoms with van der Waals surface area (Å²) in [5.41, 5.74) is 2.81. The third kappa shape index (κ3) is 2.29. The number of ketones is 1. The van der Waals surface area contributed by atoms with Gasteiger partial charge in [0, 0.05) is 17.7 Å². The van der Waals surface area contributed by atoms with E-state index in [9.17, 15) is 4.79 Å². The van der Waals surface area contributed by atoms with E-state index in [2.05, 4.69) is 22.3 Å². The first kappa shape index (κ1) is 14.9. The van der Waals surface area contributed by atoms with E-state index in [0.29, 0.717) is 24.1 Å². The van der Waals surface area contributed by atoms with Crippen LogP contribution in [-0.4, -0.2) is 27.7 Å². The van der Waals surface area contributed by atoms with Crippen molar-refractivity contribution in [3.63, 3.8) is 0 Å². The normalized spacial score (nSPS) is 22.7. The van der Waals surface area contributed by atoms with Crippen LogP contribution in [0.3, 0.4) is 0 Å². The molecule has 2 aliphatic rings. The molecular formula is C18H20N4O2. The minimum atomic E-state index is -0.233. The number of benzene rings is 1. The number of rotatable bonds is 2. The number of methoxy groups -OCH3 is 1. The molecule has 0 fully saturated rings. The molecule has 2 atom stereocenters. The fraction of sp³-hybridized carbons (Fsp3) is 0.389. The molecule has 1 aliphatic heterocycles. The topological polar surface area (TPSA) is 69.0 Å². The van der Waals surface area contributed by atoms with Crippen LogP contribution in [0.15, 0.2) is 35.5 Å². The van der Waals surface area contributed by atoms with Crippen molar-refractivity contribution < 1.29 is 9.53 Å². The van der Waals surface area contributed by atoms with Gasteiger partial charge in [-0.2, -0.15) is 10.1 Å². The number of nitrogens with one attached hydrogen (secondary N) is 1. The summed E-state index contributed by atoms with van der Waals surface area (Å²) in [5.74, 6) is 2.72. The zero-order chi connectivity index (χ0) is 16.8. The summed E-state index contributed by atoms with van der Waals surface area (Å²) >= 11 is 0. The molecule has 24 heavy (non-hydrogen) atoms. The van der Waals surface area contributed by atoms with Crippen LogP contribution in [0.4, 0.5) is 5.95 Å². The molecule has 1 aromatic carbocycles. The quantitative estimate of drug-likeness (QED) is 0.920. The Morgan fingerprint density at radius 2 is 2.00 bits per heavy atom. The highest BCUT2D eigenvalue weighted by Gasteiger charge is 2.38. The van der Waals surface area contributed by atoms with Crippen molar-refractivity contribution >= 4 is 11.7 Å². The summed E-state index contributed by atoms with van der Waals surface area (Å²) in [4.78, 5) is 17.3. The molecule has 1 aliphatic carbocycles. The monoisotopic (exact) mass is 324 g/mol. The zero-order valence-electron chi connectivity index (χ0n) is 14.0. The number of carbonyl (C=O) groups excluding carboxylic acids is 1. The van der Waals surface area contributed by atoms with Gasteiger partial charge in [-0.25, -0.2) is 4.68 Å². The van der Waals surface area contributed by atoms with Gasteiger partial charge in [0.25, 0.3) is 0 Å². The minimum absolute atomic E-state index is 0.191. The number of aromatic nitrogens is 3. The van der Waals surface area contributed by atoms with Gasteiger partial charge in [-0.3, -0.25) is 4.79 Å². The van der Waals surface area contributed by atoms with Crippen molar-refractivity contribution in [3.05, 3.63) is 46.9 Å². The van der Waals surface area contributed by atoms with Gasteiger partial charge in [-0.1, -0.05) is 19.1 Å². The Morgan fingerprint density at radius 3 is 2.71 bits per heavy atom. The van der Waals surface area contributed by atoms with Crippen molar-refractivity contribution in [2.24, 2.45) is 5.92 Å². The van der Waals surface area contributed by atoms with Crippen LogP contribution < -0.4 is 10.1 Å². The lowest BCUT2D eigenvalue weighted by atomic mass is 9.81. The average molecular weight is 324 g/mol. The van der Waals surface area contributed by atoms with Crippen molar-refractivity contribution in [1.82, 2.24) is 14.8 Å². The minimum Gasteiger partial charge on any atom is -0.497 e. The van der Waals surface area contributed by atoms with E-state index >= 15 is 0 Å². The van der Waals surface area contributed by atoms with Gasteiger partial charge in [0.05, 0.1) is 7.11 Å². The Balaban J connectivity index is 1.87. The number of nitrogens with zero attached hydrogens (tertiary/aromatic N) is 3. The molecule has 6 nitrogen and oxygen atoms in total. The maximum absolute atomic E-state index is 12.8. The number of carbonyl (C=O) groups is 1. The Bertz CT molecular complexity index is 835. The maximum atomic E-state index is 12.8. The Morgan fingerprint density at radius 1 is 1.25 bits per heavy atom. The lowest BCUT2D eigenvalue weighted by Crippen LogP contribution is -2.33. The molecule has 2 aromatic rings. The number of Topliss-reactive ketones (excluding diaryl/α,β-unsaturated/α-hetero) is 1. The van der Waals surface area contributed by atoms with E-state index in [-0.39, 0.29) is 11.8 Å². The van der Waals surface area contributed by atoms with Crippen LogP contribution >= 0.6 is 0 Å². The number of fused-ring (bicyclic) bond motifs is 1. The Kier molecular flexibility index (Phi) is 3.40. The maximum Gasteiger partial charge on any atom is 0.226 e. The summed E-state index contributed by atoms with van der Waals surface area (Å²) in [6, 6.07) is 7.58. The van der Waals surface area contributed by atoms with Crippen LogP contribution in [0, 0.1) is 12.8 Å². The van der Waals surface area contributed by atoms with Crippen LogP contribution in [-0.2, 0) is 4.79 Å². The molecule has 1 N–H and O–H groups in total. The molecule has 0 saturated carbocycles. The molecule has 0 radical (unpaired) electrons.